The van der Waals surface area contributed by atoms with E-state index in [4.69, 9.17) is 3.76 Å². The number of thiophene rings is 1. The van der Waals surface area contributed by atoms with E-state index in [1.807, 2.05) is 0 Å². The quantitative estimate of drug-likeness (QED) is 0.266. The SMILES string of the molecule is Cc1cc(C)[c]([Ge]([O]c2cccs2)([c]2c(C)cc(C)cc2C)[c]2c(C)cc(C)cc2C)c(C)c1. The van der Waals surface area contributed by atoms with Crippen molar-refractivity contribution in [2.45, 2.75) is 62.3 Å². The molecule has 0 saturated carbocycles. The van der Waals surface area contributed by atoms with Gasteiger partial charge in [-0.1, -0.05) is 0 Å². The summed E-state index contributed by atoms with van der Waals surface area (Å²) >= 11 is -2.02. The van der Waals surface area contributed by atoms with Gasteiger partial charge in [0.15, 0.2) is 0 Å². The van der Waals surface area contributed by atoms with Gasteiger partial charge in [0, 0.05) is 0 Å². The van der Waals surface area contributed by atoms with Crippen LogP contribution in [0.2, 0.25) is 0 Å². The van der Waals surface area contributed by atoms with E-state index in [1.165, 1.54) is 63.3 Å². The standard InChI is InChI=1S/C31H36GeOS/c1-19-13-22(4)29(23(5)14-19)32(33-28-11-10-12-34-28,30-24(6)15-20(2)16-25(30)7)31-26(8)17-21(3)18-27(31)9/h10-18H,1-9H3. The van der Waals surface area contributed by atoms with Crippen molar-refractivity contribution < 1.29 is 3.76 Å². The van der Waals surface area contributed by atoms with E-state index in [9.17, 15) is 0 Å². The predicted molar refractivity (Wildman–Crippen MR) is 152 cm³/mol. The van der Waals surface area contributed by atoms with E-state index in [0.717, 1.165) is 5.06 Å². The topological polar surface area (TPSA) is 9.23 Å². The Balaban J connectivity index is 2.28. The normalized spacial score (nSPS) is 11.7. The molecule has 34 heavy (non-hydrogen) atoms. The minimum atomic E-state index is -3.72. The van der Waals surface area contributed by atoms with Crippen LogP contribution >= 0.6 is 11.3 Å². The molecule has 0 saturated heterocycles. The maximum atomic E-state index is 7.51. The maximum absolute atomic E-state index is 7.51. The third kappa shape index (κ3) is 4.27. The van der Waals surface area contributed by atoms with E-state index in [0.29, 0.717) is 0 Å². The minimum absolute atomic E-state index is 1.01. The van der Waals surface area contributed by atoms with Crippen molar-refractivity contribution in [3.8, 4) is 5.06 Å². The summed E-state index contributed by atoms with van der Waals surface area (Å²) in [6.07, 6.45) is 0. The number of hydrogen-bond donors (Lipinski definition) is 0. The fourth-order valence-corrected chi connectivity index (χ4v) is 18.5. The van der Waals surface area contributed by atoms with Crippen LogP contribution in [0.1, 0.15) is 50.1 Å². The van der Waals surface area contributed by atoms with Gasteiger partial charge in [-0.3, -0.25) is 0 Å². The molecule has 0 atom stereocenters. The van der Waals surface area contributed by atoms with E-state index in [-0.39, 0.29) is 0 Å². The average Bonchev–Trinajstić information content (AvgIpc) is 3.18. The van der Waals surface area contributed by atoms with E-state index in [2.05, 4.69) is 116 Å². The number of hydrogen-bond acceptors (Lipinski definition) is 2. The van der Waals surface area contributed by atoms with Crippen molar-refractivity contribution in [1.82, 2.24) is 0 Å². The van der Waals surface area contributed by atoms with Crippen LogP contribution < -0.4 is 17.0 Å². The molecule has 0 bridgehead atoms. The molecule has 3 heteroatoms. The summed E-state index contributed by atoms with van der Waals surface area (Å²) < 4.78 is 11.8. The van der Waals surface area contributed by atoms with Gasteiger partial charge in [0.2, 0.25) is 0 Å². The van der Waals surface area contributed by atoms with Crippen molar-refractivity contribution >= 4 is 38.1 Å². The Morgan fingerprint density at radius 3 is 1.12 bits per heavy atom. The predicted octanol–water partition coefficient (Wildman–Crippen LogP) is 6.57. The molecule has 1 nitrogen and oxygen atoms in total. The molecule has 176 valence electrons. The fourth-order valence-electron chi connectivity index (χ4n) is 6.21. The first kappa shape index (κ1) is 24.8. The molecule has 4 rings (SSSR count). The van der Waals surface area contributed by atoms with E-state index in [1.54, 1.807) is 11.3 Å². The van der Waals surface area contributed by atoms with Crippen molar-refractivity contribution in [2.75, 3.05) is 0 Å². The Kier molecular flexibility index (Phi) is 6.86. The number of benzene rings is 3. The second-order valence-corrected chi connectivity index (χ2v) is 17.4. The van der Waals surface area contributed by atoms with Gasteiger partial charge in [-0.05, 0) is 0 Å². The Bertz CT molecular complexity index is 1160. The summed E-state index contributed by atoms with van der Waals surface area (Å²) in [5, 5.41) is 3.14. The molecule has 0 aliphatic carbocycles. The molecule has 0 aliphatic rings. The van der Waals surface area contributed by atoms with Crippen molar-refractivity contribution in [2.24, 2.45) is 0 Å². The van der Waals surface area contributed by atoms with Gasteiger partial charge < -0.3 is 0 Å². The molecule has 1 heterocycles. The summed E-state index contributed by atoms with van der Waals surface area (Å²) in [5.74, 6) is 0. The van der Waals surface area contributed by atoms with E-state index < -0.39 is 13.6 Å². The molecule has 0 N–H and O–H groups in total. The van der Waals surface area contributed by atoms with Gasteiger partial charge in [-0.15, -0.1) is 0 Å². The monoisotopic (exact) mass is 530 g/mol. The van der Waals surface area contributed by atoms with Gasteiger partial charge in [0.25, 0.3) is 0 Å². The van der Waals surface area contributed by atoms with Gasteiger partial charge in [-0.2, -0.15) is 0 Å². The molecule has 0 amide bonds. The summed E-state index contributed by atoms with van der Waals surface area (Å²) in [6.45, 7) is 20.3. The van der Waals surface area contributed by atoms with Crippen LogP contribution in [-0.4, -0.2) is 13.6 Å². The Morgan fingerprint density at radius 1 is 0.529 bits per heavy atom. The summed E-state index contributed by atoms with van der Waals surface area (Å²) in [6, 6.07) is 18.3. The van der Waals surface area contributed by atoms with Gasteiger partial charge >= 0.3 is 213 Å². The first-order chi connectivity index (χ1) is 16.0. The molecular weight excluding hydrogens is 493 g/mol. The first-order valence-corrected chi connectivity index (χ1v) is 16.9. The number of aryl methyl sites for hydroxylation is 9. The van der Waals surface area contributed by atoms with Gasteiger partial charge in [-0.25, -0.2) is 0 Å². The molecule has 0 fully saturated rings. The average molecular weight is 529 g/mol. The molecule has 0 spiro atoms. The zero-order chi connectivity index (χ0) is 24.8. The molecule has 3 aromatic carbocycles. The van der Waals surface area contributed by atoms with Crippen LogP contribution in [0.5, 0.6) is 5.06 Å². The Labute approximate surface area is 212 Å². The Morgan fingerprint density at radius 2 is 0.853 bits per heavy atom. The molecule has 1 aromatic heterocycles. The van der Waals surface area contributed by atoms with Crippen LogP contribution in [0, 0.1) is 62.3 Å². The zero-order valence-electron chi connectivity index (χ0n) is 22.0. The molecule has 4 aromatic rings. The summed E-state index contributed by atoms with van der Waals surface area (Å²) in [5.41, 5.74) is 12.0. The van der Waals surface area contributed by atoms with Crippen LogP contribution in [0.25, 0.3) is 0 Å². The van der Waals surface area contributed by atoms with Gasteiger partial charge in [0.05, 0.1) is 0 Å². The van der Waals surface area contributed by atoms with Crippen molar-refractivity contribution in [3.63, 3.8) is 0 Å². The second kappa shape index (κ2) is 9.39. The first-order valence-electron chi connectivity index (χ1n) is 12.0. The second-order valence-electron chi connectivity index (χ2n) is 10.0. The number of rotatable bonds is 5. The summed E-state index contributed by atoms with van der Waals surface area (Å²) in [7, 11) is 0. The summed E-state index contributed by atoms with van der Waals surface area (Å²) in [4.78, 5) is 0. The van der Waals surface area contributed by atoms with Crippen molar-refractivity contribution in [3.05, 3.63) is 104 Å². The van der Waals surface area contributed by atoms with Crippen LogP contribution in [0.15, 0.2) is 53.9 Å². The molecular formula is C31H36GeOS. The molecule has 0 aliphatic heterocycles. The van der Waals surface area contributed by atoms with Crippen LogP contribution in [0.4, 0.5) is 0 Å². The van der Waals surface area contributed by atoms with Gasteiger partial charge in [0.1, 0.15) is 0 Å². The van der Waals surface area contributed by atoms with Crippen molar-refractivity contribution in [1.29, 1.82) is 0 Å². The molecule has 0 radical (unpaired) electrons. The fraction of sp³-hybridized carbons (Fsp3) is 0.290. The van der Waals surface area contributed by atoms with Crippen LogP contribution in [0.3, 0.4) is 0 Å². The van der Waals surface area contributed by atoms with Crippen LogP contribution in [-0.2, 0) is 0 Å². The molecule has 0 unspecified atom stereocenters. The Hall–Kier alpha value is -2.30. The third-order valence-electron chi connectivity index (χ3n) is 6.84. The zero-order valence-corrected chi connectivity index (χ0v) is 24.9. The van der Waals surface area contributed by atoms with E-state index >= 15 is 0 Å². The third-order valence-corrected chi connectivity index (χ3v) is 18.4.